The second-order valence-corrected chi connectivity index (χ2v) is 11.9. The standard InChI is InChI=1S/C42H25N3O2/c1-2-8-28-21-29(15-13-26(28)7-1)30-16-14-27-17-18-32(23-31(27)22-30)45(33-24-36-34-9-3-5-11-38(34)46-41(36)44-25-33)37-19-20-43-42-40(37)35-10-4-6-12-39(35)47-42/h1-25H. The van der Waals surface area contributed by atoms with E-state index >= 15 is 0 Å². The fourth-order valence-electron chi connectivity index (χ4n) is 6.89. The number of nitrogens with zero attached hydrogens (tertiary/aromatic N) is 3. The van der Waals surface area contributed by atoms with Gasteiger partial charge in [-0.2, -0.15) is 0 Å². The van der Waals surface area contributed by atoms with Crippen LogP contribution in [0.15, 0.2) is 161 Å². The monoisotopic (exact) mass is 603 g/mol. The highest BCUT2D eigenvalue weighted by molar-refractivity contribution is 6.13. The fraction of sp³-hybridized carbons (Fsp3) is 0. The summed E-state index contributed by atoms with van der Waals surface area (Å²) in [7, 11) is 0. The summed E-state index contributed by atoms with van der Waals surface area (Å²) in [5, 5.41) is 8.73. The molecule has 0 spiro atoms. The zero-order valence-electron chi connectivity index (χ0n) is 25.1. The summed E-state index contributed by atoms with van der Waals surface area (Å²) in [5.74, 6) is 0. The van der Waals surface area contributed by atoms with E-state index in [0.29, 0.717) is 11.4 Å². The number of hydrogen-bond donors (Lipinski definition) is 0. The van der Waals surface area contributed by atoms with Gasteiger partial charge >= 0.3 is 0 Å². The van der Waals surface area contributed by atoms with E-state index in [-0.39, 0.29) is 0 Å². The lowest BCUT2D eigenvalue weighted by molar-refractivity contribution is 0.653. The second kappa shape index (κ2) is 10.0. The van der Waals surface area contributed by atoms with Crippen molar-refractivity contribution >= 4 is 82.7 Å². The van der Waals surface area contributed by atoms with E-state index < -0.39 is 0 Å². The highest BCUT2D eigenvalue weighted by Crippen LogP contribution is 2.44. The molecule has 0 aliphatic carbocycles. The Kier molecular flexibility index (Phi) is 5.51. The average Bonchev–Trinajstić information content (AvgIpc) is 3.70. The van der Waals surface area contributed by atoms with Crippen molar-refractivity contribution in [2.45, 2.75) is 0 Å². The van der Waals surface area contributed by atoms with Gasteiger partial charge in [-0.05, 0) is 81.2 Å². The van der Waals surface area contributed by atoms with Crippen LogP contribution in [-0.4, -0.2) is 9.97 Å². The molecule has 6 aromatic carbocycles. The van der Waals surface area contributed by atoms with Gasteiger partial charge in [-0.15, -0.1) is 0 Å². The van der Waals surface area contributed by atoms with E-state index in [2.05, 4.69) is 113 Å². The maximum Gasteiger partial charge on any atom is 0.229 e. The number of hydrogen-bond acceptors (Lipinski definition) is 5. The zero-order valence-corrected chi connectivity index (χ0v) is 25.1. The summed E-state index contributed by atoms with van der Waals surface area (Å²) in [5.41, 5.74) is 8.05. The van der Waals surface area contributed by atoms with Gasteiger partial charge in [0.25, 0.3) is 0 Å². The Morgan fingerprint density at radius 3 is 1.96 bits per heavy atom. The topological polar surface area (TPSA) is 55.3 Å². The first-order chi connectivity index (χ1) is 23.3. The number of para-hydroxylation sites is 2. The molecule has 220 valence electrons. The van der Waals surface area contributed by atoms with Crippen molar-refractivity contribution in [2.75, 3.05) is 4.90 Å². The SMILES string of the molecule is c1ccc2cc(-c3ccc4ccc(N(c5cnc6oc7ccccc7c6c5)c5ccnc6oc7ccccc7c56)cc4c3)ccc2c1. The summed E-state index contributed by atoms with van der Waals surface area (Å²) in [6.45, 7) is 0. The number of benzene rings is 6. The van der Waals surface area contributed by atoms with Crippen molar-refractivity contribution in [3.05, 3.63) is 152 Å². The summed E-state index contributed by atoms with van der Waals surface area (Å²) in [4.78, 5) is 11.7. The minimum atomic E-state index is 0.593. The third-order valence-electron chi connectivity index (χ3n) is 9.14. The number of pyridine rings is 2. The lowest BCUT2D eigenvalue weighted by Gasteiger charge is -2.26. The summed E-state index contributed by atoms with van der Waals surface area (Å²) in [6, 6.07) is 48.8. The maximum absolute atomic E-state index is 6.23. The molecule has 5 heteroatoms. The number of fused-ring (bicyclic) bond motifs is 8. The molecule has 0 amide bonds. The normalized spacial score (nSPS) is 11.8. The first-order valence-electron chi connectivity index (χ1n) is 15.6. The molecule has 4 aromatic heterocycles. The average molecular weight is 604 g/mol. The van der Waals surface area contributed by atoms with Crippen molar-refractivity contribution < 1.29 is 8.83 Å². The van der Waals surface area contributed by atoms with Crippen LogP contribution in [0.4, 0.5) is 17.1 Å². The highest BCUT2D eigenvalue weighted by atomic mass is 16.3. The molecule has 4 heterocycles. The van der Waals surface area contributed by atoms with Crippen molar-refractivity contribution in [3.8, 4) is 11.1 Å². The minimum absolute atomic E-state index is 0.593. The van der Waals surface area contributed by atoms with Gasteiger partial charge in [-0.3, -0.25) is 0 Å². The van der Waals surface area contributed by atoms with Gasteiger partial charge in [0.1, 0.15) is 11.2 Å². The Labute approximate surface area is 268 Å². The quantitative estimate of drug-likeness (QED) is 0.200. The van der Waals surface area contributed by atoms with E-state index in [0.717, 1.165) is 55.2 Å². The van der Waals surface area contributed by atoms with Gasteiger partial charge in [0.15, 0.2) is 0 Å². The van der Waals surface area contributed by atoms with E-state index in [1.807, 2.05) is 48.8 Å². The molecule has 0 saturated carbocycles. The van der Waals surface area contributed by atoms with Crippen LogP contribution in [-0.2, 0) is 0 Å². The maximum atomic E-state index is 6.23. The van der Waals surface area contributed by atoms with Crippen LogP contribution in [0.25, 0.3) is 76.8 Å². The van der Waals surface area contributed by atoms with Gasteiger partial charge in [0.2, 0.25) is 11.4 Å². The molecule has 0 aliphatic heterocycles. The van der Waals surface area contributed by atoms with Gasteiger partial charge in [0.05, 0.1) is 28.3 Å². The van der Waals surface area contributed by atoms with Gasteiger partial charge in [0, 0.05) is 22.7 Å². The Balaban J connectivity index is 1.21. The van der Waals surface area contributed by atoms with Crippen LogP contribution in [0.5, 0.6) is 0 Å². The van der Waals surface area contributed by atoms with E-state index in [1.54, 1.807) is 0 Å². The predicted molar refractivity (Wildman–Crippen MR) is 192 cm³/mol. The molecule has 47 heavy (non-hydrogen) atoms. The van der Waals surface area contributed by atoms with Crippen molar-refractivity contribution in [2.24, 2.45) is 0 Å². The molecule has 5 nitrogen and oxygen atoms in total. The Morgan fingerprint density at radius 1 is 0.447 bits per heavy atom. The van der Waals surface area contributed by atoms with Gasteiger partial charge < -0.3 is 13.7 Å². The molecule has 0 fully saturated rings. The van der Waals surface area contributed by atoms with Crippen LogP contribution in [0.3, 0.4) is 0 Å². The molecule has 0 atom stereocenters. The third-order valence-corrected chi connectivity index (χ3v) is 9.14. The van der Waals surface area contributed by atoms with Crippen molar-refractivity contribution in [3.63, 3.8) is 0 Å². The van der Waals surface area contributed by atoms with Crippen molar-refractivity contribution in [1.29, 1.82) is 0 Å². The number of furan rings is 2. The lowest BCUT2D eigenvalue weighted by atomic mass is 9.98. The Morgan fingerprint density at radius 2 is 1.11 bits per heavy atom. The van der Waals surface area contributed by atoms with Gasteiger partial charge in [-0.25, -0.2) is 9.97 Å². The van der Waals surface area contributed by atoms with Crippen LogP contribution in [0.2, 0.25) is 0 Å². The Bertz CT molecular complexity index is 2830. The van der Waals surface area contributed by atoms with Gasteiger partial charge in [-0.1, -0.05) is 91.0 Å². The number of aromatic nitrogens is 2. The first kappa shape index (κ1) is 25.8. The molecule has 10 rings (SSSR count). The Hall–Kier alpha value is -6.46. The number of rotatable bonds is 4. The van der Waals surface area contributed by atoms with Crippen LogP contribution < -0.4 is 4.90 Å². The van der Waals surface area contributed by atoms with E-state index in [4.69, 9.17) is 13.8 Å². The zero-order chi connectivity index (χ0) is 30.9. The minimum Gasteiger partial charge on any atom is -0.438 e. The summed E-state index contributed by atoms with van der Waals surface area (Å²) < 4.78 is 12.3. The molecule has 10 aromatic rings. The van der Waals surface area contributed by atoms with E-state index in [9.17, 15) is 0 Å². The summed E-state index contributed by atoms with van der Waals surface area (Å²) >= 11 is 0. The van der Waals surface area contributed by atoms with E-state index in [1.165, 1.54) is 27.3 Å². The highest BCUT2D eigenvalue weighted by Gasteiger charge is 2.22. The molecular weight excluding hydrogens is 578 g/mol. The first-order valence-corrected chi connectivity index (χ1v) is 15.6. The summed E-state index contributed by atoms with van der Waals surface area (Å²) in [6.07, 6.45) is 3.69. The molecule has 0 aliphatic rings. The van der Waals surface area contributed by atoms with Crippen molar-refractivity contribution in [1.82, 2.24) is 9.97 Å². The third kappa shape index (κ3) is 4.10. The number of anilines is 3. The van der Waals surface area contributed by atoms with Crippen LogP contribution in [0, 0.1) is 0 Å². The van der Waals surface area contributed by atoms with Crippen LogP contribution >= 0.6 is 0 Å². The second-order valence-electron chi connectivity index (χ2n) is 11.9. The lowest BCUT2D eigenvalue weighted by Crippen LogP contribution is -2.11. The molecular formula is C42H25N3O2. The fourth-order valence-corrected chi connectivity index (χ4v) is 6.89. The predicted octanol–water partition coefficient (Wildman–Crippen LogP) is 11.7. The molecule has 0 radical (unpaired) electrons. The van der Waals surface area contributed by atoms with Crippen LogP contribution in [0.1, 0.15) is 0 Å². The largest absolute Gasteiger partial charge is 0.438 e. The molecule has 0 bridgehead atoms. The molecule has 0 saturated heterocycles. The molecule has 0 N–H and O–H groups in total. The molecule has 0 unspecified atom stereocenters. The smallest absolute Gasteiger partial charge is 0.229 e.